The largest absolute Gasteiger partial charge is 0.358 e. The topological polar surface area (TPSA) is 41.1 Å². The molecule has 0 radical (unpaired) electrons. The van der Waals surface area contributed by atoms with Gasteiger partial charge in [0, 0.05) is 18.1 Å². The third-order valence-corrected chi connectivity index (χ3v) is 2.60. The molecule has 1 atom stereocenters. The summed E-state index contributed by atoms with van der Waals surface area (Å²) in [6, 6.07) is 4.11. The van der Waals surface area contributed by atoms with Crippen molar-refractivity contribution in [1.82, 2.24) is 10.6 Å². The van der Waals surface area contributed by atoms with Crippen LogP contribution in [0.1, 0.15) is 18.5 Å². The first-order valence-electron chi connectivity index (χ1n) is 4.93. The van der Waals surface area contributed by atoms with Crippen LogP contribution in [0.2, 0.25) is 5.02 Å². The number of carbonyl (C=O) groups excluding carboxylic acids is 1. The SMILES string of the molecule is CNC(=O)CNC(C)c1ccc(F)cc1Cl.Cl. The van der Waals surface area contributed by atoms with E-state index < -0.39 is 0 Å². The molecule has 2 N–H and O–H groups in total. The van der Waals surface area contributed by atoms with Gasteiger partial charge in [-0.25, -0.2) is 4.39 Å². The molecule has 0 aliphatic rings. The molecular weight excluding hydrogens is 266 g/mol. The molecule has 0 aliphatic heterocycles. The second kappa shape index (κ2) is 7.48. The molecule has 0 fully saturated rings. The van der Waals surface area contributed by atoms with Gasteiger partial charge in [-0.2, -0.15) is 0 Å². The van der Waals surface area contributed by atoms with E-state index in [1.54, 1.807) is 13.1 Å². The van der Waals surface area contributed by atoms with E-state index in [-0.39, 0.29) is 36.7 Å². The van der Waals surface area contributed by atoms with Crippen molar-refractivity contribution in [2.24, 2.45) is 0 Å². The Morgan fingerprint density at radius 2 is 2.18 bits per heavy atom. The molecule has 1 unspecified atom stereocenters. The highest BCUT2D eigenvalue weighted by Crippen LogP contribution is 2.23. The third kappa shape index (κ3) is 4.89. The van der Waals surface area contributed by atoms with E-state index in [0.29, 0.717) is 5.02 Å². The highest BCUT2D eigenvalue weighted by Gasteiger charge is 2.10. The molecule has 1 aromatic carbocycles. The summed E-state index contributed by atoms with van der Waals surface area (Å²) in [7, 11) is 1.57. The first kappa shape index (κ1) is 16.2. The van der Waals surface area contributed by atoms with Crippen LogP contribution in [0.5, 0.6) is 0 Å². The minimum atomic E-state index is -0.368. The van der Waals surface area contributed by atoms with Gasteiger partial charge in [0.15, 0.2) is 0 Å². The number of hydrogen-bond donors (Lipinski definition) is 2. The Balaban J connectivity index is 0.00000256. The van der Waals surface area contributed by atoms with Gasteiger partial charge in [-0.1, -0.05) is 17.7 Å². The Bertz CT molecular complexity index is 388. The maximum atomic E-state index is 12.8. The Kier molecular flexibility index (Phi) is 7.11. The van der Waals surface area contributed by atoms with Crippen LogP contribution >= 0.6 is 24.0 Å². The van der Waals surface area contributed by atoms with E-state index in [4.69, 9.17) is 11.6 Å². The summed E-state index contributed by atoms with van der Waals surface area (Å²) in [6.07, 6.45) is 0. The Morgan fingerprint density at radius 3 is 2.71 bits per heavy atom. The minimum Gasteiger partial charge on any atom is -0.358 e. The molecule has 1 aromatic rings. The van der Waals surface area contributed by atoms with E-state index in [2.05, 4.69) is 10.6 Å². The molecule has 0 spiro atoms. The number of nitrogens with one attached hydrogen (secondary N) is 2. The second-order valence-electron chi connectivity index (χ2n) is 3.44. The van der Waals surface area contributed by atoms with Gasteiger partial charge >= 0.3 is 0 Å². The molecule has 0 aliphatic carbocycles. The van der Waals surface area contributed by atoms with Crippen molar-refractivity contribution in [3.8, 4) is 0 Å². The second-order valence-corrected chi connectivity index (χ2v) is 3.85. The maximum Gasteiger partial charge on any atom is 0.233 e. The average Bonchev–Trinajstić information content (AvgIpc) is 2.25. The molecule has 96 valence electrons. The summed E-state index contributed by atoms with van der Waals surface area (Å²) in [4.78, 5) is 11.0. The lowest BCUT2D eigenvalue weighted by molar-refractivity contribution is -0.119. The zero-order valence-corrected chi connectivity index (χ0v) is 11.2. The van der Waals surface area contributed by atoms with Gasteiger partial charge in [0.25, 0.3) is 0 Å². The van der Waals surface area contributed by atoms with Crippen LogP contribution < -0.4 is 10.6 Å². The van der Waals surface area contributed by atoms with Gasteiger partial charge in [0.2, 0.25) is 5.91 Å². The number of rotatable bonds is 4. The zero-order chi connectivity index (χ0) is 12.1. The normalized spacial score (nSPS) is 11.5. The Hall–Kier alpha value is -0.840. The highest BCUT2D eigenvalue weighted by atomic mass is 35.5. The van der Waals surface area contributed by atoms with Gasteiger partial charge in [-0.05, 0) is 24.6 Å². The maximum absolute atomic E-state index is 12.8. The highest BCUT2D eigenvalue weighted by molar-refractivity contribution is 6.31. The van der Waals surface area contributed by atoms with E-state index in [9.17, 15) is 9.18 Å². The summed E-state index contributed by atoms with van der Waals surface area (Å²) < 4.78 is 12.8. The van der Waals surface area contributed by atoms with Crippen LogP contribution in [-0.4, -0.2) is 19.5 Å². The molecule has 0 aromatic heterocycles. The summed E-state index contributed by atoms with van der Waals surface area (Å²) in [6.45, 7) is 2.06. The van der Waals surface area contributed by atoms with E-state index in [1.165, 1.54) is 12.1 Å². The predicted molar refractivity (Wildman–Crippen MR) is 69.1 cm³/mol. The summed E-state index contributed by atoms with van der Waals surface area (Å²) in [5, 5.41) is 5.85. The fraction of sp³-hybridized carbons (Fsp3) is 0.364. The standard InChI is InChI=1S/C11H14ClFN2O.ClH/c1-7(15-6-11(16)14-2)9-4-3-8(13)5-10(9)12;/h3-5,7,15H,6H2,1-2H3,(H,14,16);1H. The van der Waals surface area contributed by atoms with Crippen LogP contribution in [0.15, 0.2) is 18.2 Å². The average molecular weight is 281 g/mol. The van der Waals surface area contributed by atoms with Crippen molar-refractivity contribution in [3.05, 3.63) is 34.6 Å². The molecule has 0 heterocycles. The predicted octanol–water partition coefficient (Wildman–Crippen LogP) is 2.30. The molecule has 17 heavy (non-hydrogen) atoms. The summed E-state index contributed by atoms with van der Waals surface area (Å²) >= 11 is 5.89. The van der Waals surface area contributed by atoms with Crippen LogP contribution in [0.4, 0.5) is 4.39 Å². The molecule has 3 nitrogen and oxygen atoms in total. The van der Waals surface area contributed by atoms with E-state index >= 15 is 0 Å². The Labute approximate surface area is 111 Å². The first-order valence-corrected chi connectivity index (χ1v) is 5.31. The van der Waals surface area contributed by atoms with Crippen molar-refractivity contribution in [2.75, 3.05) is 13.6 Å². The van der Waals surface area contributed by atoms with Crippen LogP contribution in [0, 0.1) is 5.82 Å². The van der Waals surface area contributed by atoms with Crippen molar-refractivity contribution >= 4 is 29.9 Å². The van der Waals surface area contributed by atoms with Crippen molar-refractivity contribution < 1.29 is 9.18 Å². The lowest BCUT2D eigenvalue weighted by atomic mass is 10.1. The van der Waals surface area contributed by atoms with Gasteiger partial charge in [0.1, 0.15) is 5.82 Å². The molecule has 1 amide bonds. The number of halogens is 3. The molecule has 0 saturated heterocycles. The monoisotopic (exact) mass is 280 g/mol. The van der Waals surface area contributed by atoms with Gasteiger partial charge < -0.3 is 10.6 Å². The fourth-order valence-corrected chi connectivity index (χ4v) is 1.63. The van der Waals surface area contributed by atoms with Crippen LogP contribution in [0.3, 0.4) is 0 Å². The number of benzene rings is 1. The van der Waals surface area contributed by atoms with E-state index in [0.717, 1.165) is 5.56 Å². The number of carbonyl (C=O) groups is 1. The number of amides is 1. The lowest BCUT2D eigenvalue weighted by Gasteiger charge is -2.15. The molecular formula is C11H15Cl2FN2O. The zero-order valence-electron chi connectivity index (χ0n) is 9.59. The quantitative estimate of drug-likeness (QED) is 0.889. The Morgan fingerprint density at radius 1 is 1.53 bits per heavy atom. The van der Waals surface area contributed by atoms with Crippen LogP contribution in [-0.2, 0) is 4.79 Å². The third-order valence-electron chi connectivity index (χ3n) is 2.28. The number of likely N-dealkylation sites (N-methyl/N-ethyl adjacent to an activating group) is 1. The van der Waals surface area contributed by atoms with E-state index in [1.807, 2.05) is 6.92 Å². The van der Waals surface area contributed by atoms with Gasteiger partial charge in [-0.3, -0.25) is 4.79 Å². The minimum absolute atomic E-state index is 0. The lowest BCUT2D eigenvalue weighted by Crippen LogP contribution is -2.32. The first-order chi connectivity index (χ1) is 7.54. The molecule has 6 heteroatoms. The summed E-state index contributed by atoms with van der Waals surface area (Å²) in [5.74, 6) is -0.475. The smallest absolute Gasteiger partial charge is 0.233 e. The van der Waals surface area contributed by atoms with Crippen molar-refractivity contribution in [3.63, 3.8) is 0 Å². The van der Waals surface area contributed by atoms with Crippen molar-refractivity contribution in [1.29, 1.82) is 0 Å². The van der Waals surface area contributed by atoms with Crippen molar-refractivity contribution in [2.45, 2.75) is 13.0 Å². The van der Waals surface area contributed by atoms with Gasteiger partial charge in [0.05, 0.1) is 6.54 Å². The molecule has 0 saturated carbocycles. The molecule has 1 rings (SSSR count). The molecule has 0 bridgehead atoms. The summed E-state index contributed by atoms with van der Waals surface area (Å²) in [5.41, 5.74) is 0.770. The van der Waals surface area contributed by atoms with Gasteiger partial charge in [-0.15, -0.1) is 12.4 Å². The fourth-order valence-electron chi connectivity index (χ4n) is 1.30. The number of hydrogen-bond acceptors (Lipinski definition) is 2. The van der Waals surface area contributed by atoms with Crippen LogP contribution in [0.25, 0.3) is 0 Å².